The summed E-state index contributed by atoms with van der Waals surface area (Å²) in [4.78, 5) is 4.55. The summed E-state index contributed by atoms with van der Waals surface area (Å²) in [6.07, 6.45) is 1.75. The largest absolute Gasteiger partial charge is 0.497 e. The maximum atomic E-state index is 9.63. The summed E-state index contributed by atoms with van der Waals surface area (Å²) in [6, 6.07) is 11.2. The first-order valence-electron chi connectivity index (χ1n) is 6.14. The minimum absolute atomic E-state index is 0.108. The molecule has 0 atom stereocenters. The lowest BCUT2D eigenvalue weighted by Gasteiger charge is -2.03. The molecular formula is C15H13ClN2O2. The fourth-order valence-corrected chi connectivity index (χ4v) is 2.36. The minimum atomic E-state index is -0.108. The number of pyridine rings is 1. The number of aromatic nitrogens is 2. The van der Waals surface area contributed by atoms with Crippen molar-refractivity contribution in [3.8, 4) is 17.0 Å². The Labute approximate surface area is 121 Å². The quantitative estimate of drug-likeness (QED) is 0.805. The highest BCUT2D eigenvalue weighted by molar-refractivity contribution is 6.30. The Kier molecular flexibility index (Phi) is 3.34. The first-order valence-corrected chi connectivity index (χ1v) is 6.52. The van der Waals surface area contributed by atoms with E-state index in [2.05, 4.69) is 4.98 Å². The number of aliphatic hydroxyl groups is 1. The Hall–Kier alpha value is -2.04. The lowest BCUT2D eigenvalue weighted by atomic mass is 10.1. The lowest BCUT2D eigenvalue weighted by Crippen LogP contribution is -1.94. The molecule has 2 heterocycles. The number of ether oxygens (including phenoxy) is 1. The third-order valence-electron chi connectivity index (χ3n) is 3.19. The van der Waals surface area contributed by atoms with Crippen LogP contribution in [0.15, 0.2) is 42.6 Å². The van der Waals surface area contributed by atoms with Gasteiger partial charge in [0.25, 0.3) is 0 Å². The number of hydrogen-bond acceptors (Lipinski definition) is 3. The number of aliphatic hydroxyl groups excluding tert-OH is 1. The third kappa shape index (κ3) is 2.13. The summed E-state index contributed by atoms with van der Waals surface area (Å²) < 4.78 is 6.95. The molecule has 1 N–H and O–H groups in total. The number of methoxy groups -OCH3 is 1. The normalized spacial score (nSPS) is 10.9. The molecule has 102 valence electrons. The van der Waals surface area contributed by atoms with E-state index in [0.29, 0.717) is 10.7 Å². The van der Waals surface area contributed by atoms with Crippen LogP contribution in [0.1, 0.15) is 5.69 Å². The number of rotatable bonds is 3. The Balaban J connectivity index is 2.19. The molecule has 0 unspecified atom stereocenters. The van der Waals surface area contributed by atoms with E-state index in [1.807, 2.05) is 34.7 Å². The van der Waals surface area contributed by atoms with Gasteiger partial charge < -0.3 is 9.84 Å². The maximum Gasteiger partial charge on any atom is 0.137 e. The smallest absolute Gasteiger partial charge is 0.137 e. The van der Waals surface area contributed by atoms with Crippen LogP contribution in [0.3, 0.4) is 0 Å². The van der Waals surface area contributed by atoms with Gasteiger partial charge in [-0.1, -0.05) is 11.6 Å². The molecular weight excluding hydrogens is 276 g/mol. The maximum absolute atomic E-state index is 9.63. The molecule has 20 heavy (non-hydrogen) atoms. The molecule has 3 rings (SSSR count). The van der Waals surface area contributed by atoms with Crippen molar-refractivity contribution < 1.29 is 9.84 Å². The Morgan fingerprint density at radius 2 is 1.95 bits per heavy atom. The molecule has 5 heteroatoms. The highest BCUT2D eigenvalue weighted by Crippen LogP contribution is 2.27. The van der Waals surface area contributed by atoms with Crippen LogP contribution in [0.5, 0.6) is 5.75 Å². The SMILES string of the molecule is COc1ccc(-c2nc3ccc(Cl)cn3c2CO)cc1. The van der Waals surface area contributed by atoms with Gasteiger partial charge in [-0.25, -0.2) is 4.98 Å². The van der Waals surface area contributed by atoms with Crippen LogP contribution in [0.4, 0.5) is 0 Å². The van der Waals surface area contributed by atoms with E-state index < -0.39 is 0 Å². The second-order valence-corrected chi connectivity index (χ2v) is 4.81. The number of benzene rings is 1. The van der Waals surface area contributed by atoms with E-state index in [0.717, 1.165) is 22.7 Å². The highest BCUT2D eigenvalue weighted by Gasteiger charge is 2.13. The molecule has 4 nitrogen and oxygen atoms in total. The van der Waals surface area contributed by atoms with Crippen molar-refractivity contribution in [1.82, 2.24) is 9.38 Å². The van der Waals surface area contributed by atoms with Gasteiger partial charge in [0.15, 0.2) is 0 Å². The van der Waals surface area contributed by atoms with Crippen LogP contribution in [-0.4, -0.2) is 21.6 Å². The Morgan fingerprint density at radius 1 is 1.20 bits per heavy atom. The van der Waals surface area contributed by atoms with Crippen molar-refractivity contribution >= 4 is 17.2 Å². The van der Waals surface area contributed by atoms with Gasteiger partial charge in [-0.3, -0.25) is 4.40 Å². The molecule has 0 bridgehead atoms. The van der Waals surface area contributed by atoms with Crippen molar-refractivity contribution in [2.24, 2.45) is 0 Å². The zero-order chi connectivity index (χ0) is 14.1. The lowest BCUT2D eigenvalue weighted by molar-refractivity contribution is 0.276. The molecule has 0 saturated carbocycles. The van der Waals surface area contributed by atoms with E-state index in [1.165, 1.54) is 0 Å². The van der Waals surface area contributed by atoms with Crippen molar-refractivity contribution in [3.05, 3.63) is 53.3 Å². The second kappa shape index (κ2) is 5.15. The summed E-state index contributed by atoms with van der Waals surface area (Å²) in [6.45, 7) is -0.108. The molecule has 1 aromatic carbocycles. The number of halogens is 1. The van der Waals surface area contributed by atoms with Gasteiger partial charge in [0, 0.05) is 11.8 Å². The van der Waals surface area contributed by atoms with Crippen LogP contribution in [-0.2, 0) is 6.61 Å². The van der Waals surface area contributed by atoms with Gasteiger partial charge in [-0.15, -0.1) is 0 Å². The molecule has 0 aliphatic heterocycles. The van der Waals surface area contributed by atoms with E-state index in [1.54, 1.807) is 19.4 Å². The monoisotopic (exact) mass is 288 g/mol. The fraction of sp³-hybridized carbons (Fsp3) is 0.133. The number of hydrogen-bond donors (Lipinski definition) is 1. The van der Waals surface area contributed by atoms with Crippen LogP contribution in [0, 0.1) is 0 Å². The van der Waals surface area contributed by atoms with Gasteiger partial charge >= 0.3 is 0 Å². The fourth-order valence-electron chi connectivity index (χ4n) is 2.20. The third-order valence-corrected chi connectivity index (χ3v) is 3.42. The van der Waals surface area contributed by atoms with E-state index in [4.69, 9.17) is 16.3 Å². The number of imidazole rings is 1. The van der Waals surface area contributed by atoms with Crippen LogP contribution in [0.2, 0.25) is 5.02 Å². The molecule has 3 aromatic rings. The van der Waals surface area contributed by atoms with Crippen LogP contribution >= 0.6 is 11.6 Å². The summed E-state index contributed by atoms with van der Waals surface area (Å²) in [5.74, 6) is 0.783. The van der Waals surface area contributed by atoms with E-state index >= 15 is 0 Å². The summed E-state index contributed by atoms with van der Waals surface area (Å²) in [7, 11) is 1.63. The van der Waals surface area contributed by atoms with Gasteiger partial charge in [0.2, 0.25) is 0 Å². The molecule has 2 aromatic heterocycles. The second-order valence-electron chi connectivity index (χ2n) is 4.37. The van der Waals surface area contributed by atoms with Crippen LogP contribution < -0.4 is 4.74 Å². The Bertz CT molecular complexity index is 750. The van der Waals surface area contributed by atoms with Crippen molar-refractivity contribution in [1.29, 1.82) is 0 Å². The highest BCUT2D eigenvalue weighted by atomic mass is 35.5. The van der Waals surface area contributed by atoms with Crippen LogP contribution in [0.25, 0.3) is 16.9 Å². The first-order chi connectivity index (χ1) is 9.72. The molecule has 0 saturated heterocycles. The Morgan fingerprint density at radius 3 is 2.60 bits per heavy atom. The van der Waals surface area contributed by atoms with Gasteiger partial charge in [0.1, 0.15) is 11.4 Å². The molecule has 0 spiro atoms. The van der Waals surface area contributed by atoms with E-state index in [-0.39, 0.29) is 6.61 Å². The molecule has 0 amide bonds. The predicted molar refractivity (Wildman–Crippen MR) is 78.1 cm³/mol. The average molecular weight is 289 g/mol. The number of fused-ring (bicyclic) bond motifs is 1. The predicted octanol–water partition coefficient (Wildman–Crippen LogP) is 3.16. The zero-order valence-corrected chi connectivity index (χ0v) is 11.6. The summed E-state index contributed by atoms with van der Waals surface area (Å²) >= 11 is 6.00. The first kappa shape index (κ1) is 13.0. The van der Waals surface area contributed by atoms with Gasteiger partial charge in [-0.05, 0) is 36.4 Å². The number of nitrogens with zero attached hydrogens (tertiary/aromatic N) is 2. The molecule has 0 radical (unpaired) electrons. The molecule has 0 aliphatic rings. The summed E-state index contributed by atoms with van der Waals surface area (Å²) in [5.41, 5.74) is 3.14. The average Bonchev–Trinajstić information content (AvgIpc) is 2.85. The standard InChI is InChI=1S/C15H13ClN2O2/c1-20-12-5-2-10(3-6-12)15-13(9-19)18-8-11(16)4-7-14(18)17-15/h2-8,19H,9H2,1H3. The topological polar surface area (TPSA) is 46.8 Å². The van der Waals surface area contributed by atoms with Gasteiger partial charge in [0.05, 0.1) is 30.1 Å². The van der Waals surface area contributed by atoms with Gasteiger partial charge in [-0.2, -0.15) is 0 Å². The summed E-state index contributed by atoms with van der Waals surface area (Å²) in [5, 5.41) is 10.2. The molecule has 0 fully saturated rings. The van der Waals surface area contributed by atoms with E-state index in [9.17, 15) is 5.11 Å². The molecule has 0 aliphatic carbocycles. The minimum Gasteiger partial charge on any atom is -0.497 e. The van der Waals surface area contributed by atoms with Crippen molar-refractivity contribution in [3.63, 3.8) is 0 Å². The van der Waals surface area contributed by atoms with Crippen molar-refractivity contribution in [2.75, 3.05) is 7.11 Å². The van der Waals surface area contributed by atoms with Crippen molar-refractivity contribution in [2.45, 2.75) is 6.61 Å². The zero-order valence-electron chi connectivity index (χ0n) is 10.9.